The molecule has 3 aromatic carbocycles. The minimum atomic E-state index is -0.0414. The second-order valence-electron chi connectivity index (χ2n) is 9.23. The predicted molar refractivity (Wildman–Crippen MR) is 140 cm³/mol. The standard InChI is InChI=1S/C28H31Cl2NO3/c1-28(2,3)22-10-7-21(8-11-22)27(32)31(15-14-20-9-12-23(29)17-24(20)30)18-19-6-13-25(33-4)26(16-19)34-5/h6-13,16-17H,14-15,18H2,1-5H3. The third-order valence-electron chi connectivity index (χ3n) is 5.77. The van der Waals surface area contributed by atoms with Crippen LogP contribution in [0.2, 0.25) is 10.0 Å². The van der Waals surface area contributed by atoms with Gasteiger partial charge in [-0.15, -0.1) is 0 Å². The van der Waals surface area contributed by atoms with Crippen LogP contribution >= 0.6 is 23.2 Å². The van der Waals surface area contributed by atoms with Crippen LogP contribution in [0.5, 0.6) is 11.5 Å². The maximum absolute atomic E-state index is 13.6. The monoisotopic (exact) mass is 499 g/mol. The van der Waals surface area contributed by atoms with Crippen molar-refractivity contribution < 1.29 is 14.3 Å². The van der Waals surface area contributed by atoms with E-state index in [0.29, 0.717) is 46.6 Å². The van der Waals surface area contributed by atoms with Gasteiger partial charge in [0.25, 0.3) is 5.91 Å². The van der Waals surface area contributed by atoms with E-state index in [1.165, 1.54) is 5.56 Å². The number of methoxy groups -OCH3 is 2. The first-order valence-electron chi connectivity index (χ1n) is 11.2. The van der Waals surface area contributed by atoms with Crippen LogP contribution in [-0.4, -0.2) is 31.6 Å². The molecule has 0 atom stereocenters. The summed E-state index contributed by atoms with van der Waals surface area (Å²) in [6, 6.07) is 19.0. The van der Waals surface area contributed by atoms with Crippen molar-refractivity contribution in [2.75, 3.05) is 20.8 Å². The highest BCUT2D eigenvalue weighted by molar-refractivity contribution is 6.35. The first-order chi connectivity index (χ1) is 16.1. The number of hydrogen-bond acceptors (Lipinski definition) is 3. The zero-order chi connectivity index (χ0) is 24.9. The van der Waals surface area contributed by atoms with Crippen LogP contribution in [0.1, 0.15) is 47.8 Å². The van der Waals surface area contributed by atoms with Gasteiger partial charge in [0.15, 0.2) is 11.5 Å². The van der Waals surface area contributed by atoms with Crippen LogP contribution in [0.3, 0.4) is 0 Å². The van der Waals surface area contributed by atoms with Gasteiger partial charge in [-0.2, -0.15) is 0 Å². The molecule has 3 aromatic rings. The number of benzene rings is 3. The third-order valence-corrected chi connectivity index (χ3v) is 6.36. The molecule has 180 valence electrons. The first-order valence-corrected chi connectivity index (χ1v) is 11.9. The quantitative estimate of drug-likeness (QED) is 0.329. The molecule has 0 bridgehead atoms. The summed E-state index contributed by atoms with van der Waals surface area (Å²) < 4.78 is 10.8. The molecule has 3 rings (SSSR count). The van der Waals surface area contributed by atoms with E-state index in [2.05, 4.69) is 20.8 Å². The topological polar surface area (TPSA) is 38.8 Å². The Morgan fingerprint density at radius 2 is 1.56 bits per heavy atom. The number of carbonyl (C=O) groups is 1. The van der Waals surface area contributed by atoms with E-state index in [9.17, 15) is 4.79 Å². The molecule has 0 saturated heterocycles. The Bertz CT molecular complexity index is 1140. The van der Waals surface area contributed by atoms with Crippen molar-refractivity contribution >= 4 is 29.1 Å². The lowest BCUT2D eigenvalue weighted by Gasteiger charge is -2.25. The lowest BCUT2D eigenvalue weighted by Crippen LogP contribution is -2.32. The minimum absolute atomic E-state index is 0.0201. The fraction of sp³-hybridized carbons (Fsp3) is 0.321. The maximum atomic E-state index is 13.6. The Hall–Kier alpha value is -2.69. The molecule has 0 spiro atoms. The normalized spacial score (nSPS) is 11.3. The van der Waals surface area contributed by atoms with Crippen molar-refractivity contribution in [3.05, 3.63) is 93.0 Å². The molecule has 0 N–H and O–H groups in total. The smallest absolute Gasteiger partial charge is 0.254 e. The Balaban J connectivity index is 1.88. The molecule has 1 amide bonds. The van der Waals surface area contributed by atoms with Crippen LogP contribution in [-0.2, 0) is 18.4 Å². The highest BCUT2D eigenvalue weighted by Gasteiger charge is 2.20. The van der Waals surface area contributed by atoms with Crippen LogP contribution in [0.15, 0.2) is 60.7 Å². The number of hydrogen-bond donors (Lipinski definition) is 0. The molecule has 6 heteroatoms. The van der Waals surface area contributed by atoms with E-state index >= 15 is 0 Å². The zero-order valence-electron chi connectivity index (χ0n) is 20.3. The average molecular weight is 500 g/mol. The lowest BCUT2D eigenvalue weighted by molar-refractivity contribution is 0.0745. The van der Waals surface area contributed by atoms with Gasteiger partial charge in [-0.25, -0.2) is 0 Å². The van der Waals surface area contributed by atoms with Crippen LogP contribution in [0.25, 0.3) is 0 Å². The Kier molecular flexibility index (Phi) is 8.51. The summed E-state index contributed by atoms with van der Waals surface area (Å²) in [5, 5.41) is 1.19. The summed E-state index contributed by atoms with van der Waals surface area (Å²) in [5.41, 5.74) is 3.74. The van der Waals surface area contributed by atoms with Gasteiger partial charge >= 0.3 is 0 Å². The van der Waals surface area contributed by atoms with Crippen molar-refractivity contribution in [2.45, 2.75) is 39.2 Å². The highest BCUT2D eigenvalue weighted by atomic mass is 35.5. The molecule has 0 aromatic heterocycles. The number of nitrogens with zero attached hydrogens (tertiary/aromatic N) is 1. The summed E-state index contributed by atoms with van der Waals surface area (Å²) in [6.07, 6.45) is 0.606. The van der Waals surface area contributed by atoms with Crippen LogP contribution < -0.4 is 9.47 Å². The molecule has 4 nitrogen and oxygen atoms in total. The zero-order valence-corrected chi connectivity index (χ0v) is 21.8. The summed E-state index contributed by atoms with van der Waals surface area (Å²) >= 11 is 12.4. The molecule has 0 aliphatic rings. The van der Waals surface area contributed by atoms with Crippen molar-refractivity contribution in [1.82, 2.24) is 4.90 Å². The summed E-state index contributed by atoms with van der Waals surface area (Å²) in [4.78, 5) is 15.4. The van der Waals surface area contributed by atoms with Crippen molar-refractivity contribution in [3.63, 3.8) is 0 Å². The summed E-state index contributed by atoms with van der Waals surface area (Å²) in [6.45, 7) is 7.39. The van der Waals surface area contributed by atoms with Gasteiger partial charge < -0.3 is 14.4 Å². The Morgan fingerprint density at radius 3 is 2.15 bits per heavy atom. The van der Waals surface area contributed by atoms with Gasteiger partial charge in [0.1, 0.15) is 0 Å². The Morgan fingerprint density at radius 1 is 0.882 bits per heavy atom. The van der Waals surface area contributed by atoms with Crippen molar-refractivity contribution in [2.24, 2.45) is 0 Å². The number of amides is 1. The van der Waals surface area contributed by atoms with E-state index in [1.54, 1.807) is 20.3 Å². The summed E-state index contributed by atoms with van der Waals surface area (Å²) in [7, 11) is 3.20. The molecule has 0 aliphatic carbocycles. The lowest BCUT2D eigenvalue weighted by atomic mass is 9.86. The fourth-order valence-electron chi connectivity index (χ4n) is 3.73. The van der Waals surface area contributed by atoms with Gasteiger partial charge in [0.2, 0.25) is 0 Å². The van der Waals surface area contributed by atoms with Crippen LogP contribution in [0.4, 0.5) is 0 Å². The highest BCUT2D eigenvalue weighted by Crippen LogP contribution is 2.29. The van der Waals surface area contributed by atoms with Gasteiger partial charge in [-0.1, -0.05) is 68.2 Å². The van der Waals surface area contributed by atoms with Crippen molar-refractivity contribution in [1.29, 1.82) is 0 Å². The van der Waals surface area contributed by atoms with Gasteiger partial charge in [-0.05, 0) is 64.9 Å². The van der Waals surface area contributed by atoms with Gasteiger partial charge in [-0.3, -0.25) is 4.79 Å². The maximum Gasteiger partial charge on any atom is 0.254 e. The predicted octanol–water partition coefficient (Wildman–Crippen LogP) is 7.19. The average Bonchev–Trinajstić information content (AvgIpc) is 2.81. The largest absolute Gasteiger partial charge is 0.493 e. The Labute approximate surface area is 212 Å². The molecule has 0 saturated carbocycles. The van der Waals surface area contributed by atoms with Gasteiger partial charge in [0, 0.05) is 28.7 Å². The molecule has 0 radical (unpaired) electrons. The van der Waals surface area contributed by atoms with E-state index < -0.39 is 0 Å². The second-order valence-corrected chi connectivity index (χ2v) is 10.1. The molecule has 0 heterocycles. The fourth-order valence-corrected chi connectivity index (χ4v) is 4.23. The van der Waals surface area contributed by atoms with E-state index in [-0.39, 0.29) is 11.3 Å². The number of carbonyl (C=O) groups excluding carboxylic acids is 1. The molecule has 0 fully saturated rings. The third kappa shape index (κ3) is 6.46. The number of rotatable bonds is 8. The minimum Gasteiger partial charge on any atom is -0.493 e. The molecular weight excluding hydrogens is 469 g/mol. The first kappa shape index (κ1) is 25.9. The number of ether oxygens (including phenoxy) is 2. The van der Waals surface area contributed by atoms with Crippen LogP contribution in [0, 0.1) is 0 Å². The number of halogens is 2. The van der Waals surface area contributed by atoms with Crippen molar-refractivity contribution in [3.8, 4) is 11.5 Å². The second kappa shape index (κ2) is 11.2. The van der Waals surface area contributed by atoms with Gasteiger partial charge in [0.05, 0.1) is 14.2 Å². The summed E-state index contributed by atoms with van der Waals surface area (Å²) in [5.74, 6) is 1.23. The van der Waals surface area contributed by atoms with E-state index in [4.69, 9.17) is 32.7 Å². The molecular formula is C28H31Cl2NO3. The molecule has 0 unspecified atom stereocenters. The SMILES string of the molecule is COc1ccc(CN(CCc2ccc(Cl)cc2Cl)C(=O)c2ccc(C(C)(C)C)cc2)cc1OC. The molecule has 0 aliphatic heterocycles. The van der Waals surface area contributed by atoms with E-state index in [1.807, 2.05) is 59.5 Å². The molecule has 34 heavy (non-hydrogen) atoms. The van der Waals surface area contributed by atoms with E-state index in [0.717, 1.165) is 11.1 Å².